The monoisotopic (exact) mass is 431 g/mol. The van der Waals surface area contributed by atoms with E-state index in [0.717, 1.165) is 11.5 Å². The molecule has 0 atom stereocenters. The average Bonchev–Trinajstić information content (AvgIpc) is 3.40. The number of aromatic nitrogens is 4. The Hall–Kier alpha value is -2.45. The van der Waals surface area contributed by atoms with Crippen LogP contribution in [0.15, 0.2) is 36.8 Å². The van der Waals surface area contributed by atoms with Gasteiger partial charge in [0, 0.05) is 22.2 Å². The smallest absolute Gasteiger partial charge is 0.235 e. The number of halogens is 1. The zero-order valence-corrected chi connectivity index (χ0v) is 18.0. The number of rotatable bonds is 5. The topological polar surface area (TPSA) is 101 Å². The maximum Gasteiger partial charge on any atom is 0.235 e. The minimum Gasteiger partial charge on any atom is -0.340 e. The van der Waals surface area contributed by atoms with Crippen LogP contribution in [0, 0.1) is 0 Å². The number of hydrogen-bond donors (Lipinski definition) is 2. The van der Waals surface area contributed by atoms with Gasteiger partial charge in [-0.1, -0.05) is 32.4 Å². The summed E-state index contributed by atoms with van der Waals surface area (Å²) >= 11 is 6.32. The molecule has 152 valence electrons. The number of aromatic amines is 1. The molecule has 4 rings (SSSR count). The number of nitrogens with one attached hydrogen (secondary N) is 2. The maximum absolute atomic E-state index is 12.4. The van der Waals surface area contributed by atoms with Crippen molar-refractivity contribution in [2.75, 3.05) is 4.72 Å². The number of sulfonamides is 1. The summed E-state index contributed by atoms with van der Waals surface area (Å²) in [6, 6.07) is 6.92. The Morgan fingerprint density at radius 3 is 2.59 bits per heavy atom. The van der Waals surface area contributed by atoms with Crippen LogP contribution in [0.3, 0.4) is 0 Å². The van der Waals surface area contributed by atoms with Crippen molar-refractivity contribution in [2.45, 2.75) is 44.3 Å². The second-order valence-corrected chi connectivity index (χ2v) is 10.6. The van der Waals surface area contributed by atoms with Crippen LogP contribution < -0.4 is 4.72 Å². The lowest BCUT2D eigenvalue weighted by Gasteiger charge is -2.14. The largest absolute Gasteiger partial charge is 0.340 e. The van der Waals surface area contributed by atoms with Crippen molar-refractivity contribution in [1.29, 1.82) is 0 Å². The molecule has 9 heteroatoms. The van der Waals surface area contributed by atoms with Crippen LogP contribution in [0.2, 0.25) is 5.02 Å². The third-order valence-electron chi connectivity index (χ3n) is 4.65. The van der Waals surface area contributed by atoms with Crippen molar-refractivity contribution >= 4 is 27.3 Å². The lowest BCUT2D eigenvalue weighted by atomic mass is 9.96. The number of H-pyrrole nitrogens is 1. The van der Waals surface area contributed by atoms with Gasteiger partial charge in [0.15, 0.2) is 0 Å². The Bertz CT molecular complexity index is 1150. The van der Waals surface area contributed by atoms with Gasteiger partial charge in [-0.15, -0.1) is 0 Å². The van der Waals surface area contributed by atoms with Crippen LogP contribution >= 0.6 is 11.6 Å². The van der Waals surface area contributed by atoms with Crippen LogP contribution in [0.5, 0.6) is 0 Å². The fraction of sp³-hybridized carbons (Fsp3) is 0.350. The molecule has 0 amide bonds. The highest BCUT2D eigenvalue weighted by atomic mass is 35.5. The molecule has 0 bridgehead atoms. The first-order valence-electron chi connectivity index (χ1n) is 9.33. The molecule has 0 radical (unpaired) electrons. The average molecular weight is 432 g/mol. The molecular weight excluding hydrogens is 410 g/mol. The predicted octanol–water partition coefficient (Wildman–Crippen LogP) is 4.39. The Labute approximate surface area is 175 Å². The van der Waals surface area contributed by atoms with E-state index in [1.165, 1.54) is 6.33 Å². The third-order valence-corrected chi connectivity index (χ3v) is 6.73. The van der Waals surface area contributed by atoms with Crippen molar-refractivity contribution < 1.29 is 8.42 Å². The minimum absolute atomic E-state index is 0.213. The highest BCUT2D eigenvalue weighted by Crippen LogP contribution is 2.36. The number of nitrogens with zero attached hydrogens (tertiary/aromatic N) is 3. The first-order valence-corrected chi connectivity index (χ1v) is 11.3. The lowest BCUT2D eigenvalue weighted by Crippen LogP contribution is -2.17. The van der Waals surface area contributed by atoms with E-state index in [-0.39, 0.29) is 10.7 Å². The first-order chi connectivity index (χ1) is 13.6. The van der Waals surface area contributed by atoms with Gasteiger partial charge in [-0.05, 0) is 37.1 Å². The van der Waals surface area contributed by atoms with E-state index < -0.39 is 10.0 Å². The lowest BCUT2D eigenvalue weighted by molar-refractivity contribution is 0.553. The fourth-order valence-corrected chi connectivity index (χ4v) is 4.58. The highest BCUT2D eigenvalue weighted by molar-refractivity contribution is 7.93. The number of anilines is 1. The summed E-state index contributed by atoms with van der Waals surface area (Å²) < 4.78 is 27.4. The Morgan fingerprint density at radius 1 is 1.21 bits per heavy atom. The van der Waals surface area contributed by atoms with Gasteiger partial charge < -0.3 is 4.98 Å². The van der Waals surface area contributed by atoms with Crippen LogP contribution in [0.25, 0.3) is 22.6 Å². The zero-order chi connectivity index (χ0) is 20.8. The summed E-state index contributed by atoms with van der Waals surface area (Å²) in [6.07, 6.45) is 4.52. The van der Waals surface area contributed by atoms with Gasteiger partial charge in [-0.2, -0.15) is 0 Å². The number of benzene rings is 1. The molecule has 2 N–H and O–H groups in total. The third kappa shape index (κ3) is 4.28. The van der Waals surface area contributed by atoms with Gasteiger partial charge in [-0.25, -0.2) is 23.4 Å². The fourth-order valence-electron chi connectivity index (χ4n) is 2.97. The molecule has 1 aliphatic rings. The molecule has 7 nitrogen and oxygen atoms in total. The number of hydrogen-bond acceptors (Lipinski definition) is 5. The van der Waals surface area contributed by atoms with E-state index in [1.807, 2.05) is 0 Å². The summed E-state index contributed by atoms with van der Waals surface area (Å²) in [7, 11) is -3.39. The molecule has 1 fully saturated rings. The first kappa shape index (κ1) is 19.8. The summed E-state index contributed by atoms with van der Waals surface area (Å²) in [5.74, 6) is 0.793. The Balaban J connectivity index is 1.82. The molecule has 29 heavy (non-hydrogen) atoms. The van der Waals surface area contributed by atoms with Crippen molar-refractivity contribution in [3.8, 4) is 22.6 Å². The molecule has 0 unspecified atom stereocenters. The van der Waals surface area contributed by atoms with Crippen LogP contribution in [-0.2, 0) is 15.4 Å². The molecule has 1 aliphatic carbocycles. The van der Waals surface area contributed by atoms with E-state index in [9.17, 15) is 8.42 Å². The highest BCUT2D eigenvalue weighted by Gasteiger charge is 2.35. The van der Waals surface area contributed by atoms with Crippen molar-refractivity contribution in [3.63, 3.8) is 0 Å². The molecule has 0 aliphatic heterocycles. The summed E-state index contributed by atoms with van der Waals surface area (Å²) in [4.78, 5) is 16.5. The standard InChI is InChI=1S/C20H22ClN5O2S/c1-20(2,3)19-24-17(18(25-19)16-6-7-22-11-23-16)12-8-13(21)10-14(9-12)26-29(27,28)15-4-5-15/h6-11,15,26H,4-5H2,1-3H3,(H,24,25). The van der Waals surface area contributed by atoms with E-state index in [4.69, 9.17) is 16.6 Å². The molecule has 1 aromatic carbocycles. The van der Waals surface area contributed by atoms with Gasteiger partial charge in [0.05, 0.1) is 28.0 Å². The van der Waals surface area contributed by atoms with Crippen LogP contribution in [0.1, 0.15) is 39.4 Å². The molecule has 0 spiro atoms. The summed E-state index contributed by atoms with van der Waals surface area (Å²) in [6.45, 7) is 6.19. The Kier molecular flexibility index (Phi) is 4.86. The van der Waals surface area contributed by atoms with Crippen molar-refractivity contribution in [2.24, 2.45) is 0 Å². The van der Waals surface area contributed by atoms with Crippen LogP contribution in [-0.4, -0.2) is 33.6 Å². The normalized spacial score (nSPS) is 14.8. The number of imidazole rings is 1. The van der Waals surface area contributed by atoms with Gasteiger partial charge in [0.25, 0.3) is 0 Å². The second kappa shape index (κ2) is 7.11. The van der Waals surface area contributed by atoms with Gasteiger partial charge >= 0.3 is 0 Å². The molecule has 1 saturated carbocycles. The van der Waals surface area contributed by atoms with E-state index in [1.54, 1.807) is 30.5 Å². The van der Waals surface area contributed by atoms with Crippen LogP contribution in [0.4, 0.5) is 5.69 Å². The molecule has 0 saturated heterocycles. The molecule has 2 heterocycles. The zero-order valence-electron chi connectivity index (χ0n) is 16.4. The Morgan fingerprint density at radius 2 is 1.97 bits per heavy atom. The van der Waals surface area contributed by atoms with Crippen molar-refractivity contribution in [3.05, 3.63) is 47.6 Å². The van der Waals surface area contributed by atoms with E-state index in [0.29, 0.717) is 40.5 Å². The van der Waals surface area contributed by atoms with Crippen molar-refractivity contribution in [1.82, 2.24) is 19.9 Å². The van der Waals surface area contributed by atoms with Gasteiger partial charge in [0.1, 0.15) is 12.2 Å². The van der Waals surface area contributed by atoms with E-state index >= 15 is 0 Å². The second-order valence-electron chi connectivity index (χ2n) is 8.23. The quantitative estimate of drug-likeness (QED) is 0.623. The predicted molar refractivity (Wildman–Crippen MR) is 114 cm³/mol. The summed E-state index contributed by atoms with van der Waals surface area (Å²) in [5, 5.41) is 0.101. The molecular formula is C20H22ClN5O2S. The SMILES string of the molecule is CC(C)(C)c1nc(-c2cc(Cl)cc(NS(=O)(=O)C3CC3)c2)c(-c2ccncn2)[nH]1. The van der Waals surface area contributed by atoms with Gasteiger partial charge in [-0.3, -0.25) is 4.72 Å². The van der Waals surface area contributed by atoms with E-state index in [2.05, 4.69) is 40.4 Å². The minimum atomic E-state index is -3.39. The molecule has 2 aromatic heterocycles. The maximum atomic E-state index is 12.4. The van der Waals surface area contributed by atoms with Gasteiger partial charge in [0.2, 0.25) is 10.0 Å². The summed E-state index contributed by atoms with van der Waals surface area (Å²) in [5.41, 5.74) is 2.99. The molecule has 3 aromatic rings.